The summed E-state index contributed by atoms with van der Waals surface area (Å²) in [6, 6.07) is 14.9. The van der Waals surface area contributed by atoms with E-state index in [4.69, 9.17) is 4.74 Å². The highest BCUT2D eigenvalue weighted by Gasteiger charge is 2.28. The summed E-state index contributed by atoms with van der Waals surface area (Å²) in [7, 11) is 0. The van der Waals surface area contributed by atoms with Crippen molar-refractivity contribution in [2.75, 3.05) is 6.61 Å². The van der Waals surface area contributed by atoms with E-state index >= 15 is 0 Å². The van der Waals surface area contributed by atoms with Gasteiger partial charge in [0, 0.05) is 29.7 Å². The first-order valence-electron chi connectivity index (χ1n) is 8.00. The fraction of sp³-hybridized carbons (Fsp3) is 0.263. The molecule has 6 heteroatoms. The van der Waals surface area contributed by atoms with Crippen molar-refractivity contribution >= 4 is 10.9 Å². The van der Waals surface area contributed by atoms with Crippen molar-refractivity contribution in [2.24, 2.45) is 0 Å². The summed E-state index contributed by atoms with van der Waals surface area (Å²) >= 11 is 0. The zero-order valence-corrected chi connectivity index (χ0v) is 13.7. The first-order valence-corrected chi connectivity index (χ1v) is 8.00. The molecule has 25 heavy (non-hydrogen) atoms. The molecular weight excluding hydrogens is 329 g/mol. The maximum Gasteiger partial charge on any atom is 0.422 e. The minimum absolute atomic E-state index is 0.0610. The van der Waals surface area contributed by atoms with Crippen molar-refractivity contribution in [3.05, 3.63) is 65.9 Å². The Kier molecular flexibility index (Phi) is 4.99. The Balaban J connectivity index is 1.59. The summed E-state index contributed by atoms with van der Waals surface area (Å²) < 4.78 is 41.2. The standard InChI is InChI=1S/C19H19F3N2O/c1-13(14-5-7-16(8-6-14)25-12-19(20,21)22)24-11-15-3-2-4-18-17(15)9-10-23-18/h2-10,13,23-24H,11-12H2,1H3. The van der Waals surface area contributed by atoms with Gasteiger partial charge in [-0.1, -0.05) is 24.3 Å². The topological polar surface area (TPSA) is 37.0 Å². The van der Waals surface area contributed by atoms with Crippen LogP contribution >= 0.6 is 0 Å². The molecular formula is C19H19F3N2O. The second kappa shape index (κ2) is 7.19. The minimum atomic E-state index is -4.33. The maximum absolute atomic E-state index is 12.2. The van der Waals surface area contributed by atoms with Crippen LogP contribution < -0.4 is 10.1 Å². The smallest absolute Gasteiger partial charge is 0.422 e. The summed E-state index contributed by atoms with van der Waals surface area (Å²) in [5.74, 6) is 0.213. The average Bonchev–Trinajstić information content (AvgIpc) is 3.07. The lowest BCUT2D eigenvalue weighted by molar-refractivity contribution is -0.153. The van der Waals surface area contributed by atoms with E-state index in [-0.39, 0.29) is 11.8 Å². The normalized spacial score (nSPS) is 13.1. The molecule has 0 amide bonds. The zero-order chi connectivity index (χ0) is 17.9. The number of hydrogen-bond acceptors (Lipinski definition) is 2. The molecule has 3 aromatic rings. The molecule has 0 aliphatic heterocycles. The molecule has 0 saturated heterocycles. The van der Waals surface area contributed by atoms with Gasteiger partial charge in [0.1, 0.15) is 5.75 Å². The van der Waals surface area contributed by atoms with E-state index in [1.165, 1.54) is 10.9 Å². The van der Waals surface area contributed by atoms with Gasteiger partial charge in [0.2, 0.25) is 0 Å². The van der Waals surface area contributed by atoms with E-state index in [0.717, 1.165) is 11.1 Å². The number of alkyl halides is 3. The lowest BCUT2D eigenvalue weighted by Gasteiger charge is -2.16. The van der Waals surface area contributed by atoms with Crippen LogP contribution in [0.15, 0.2) is 54.7 Å². The van der Waals surface area contributed by atoms with Crippen LogP contribution in [0.3, 0.4) is 0 Å². The molecule has 0 radical (unpaired) electrons. The number of ether oxygens (including phenoxy) is 1. The first kappa shape index (κ1) is 17.4. The molecule has 2 aromatic carbocycles. The summed E-state index contributed by atoms with van der Waals surface area (Å²) in [6.07, 6.45) is -2.41. The van der Waals surface area contributed by atoms with Gasteiger partial charge in [0.15, 0.2) is 6.61 Å². The molecule has 0 saturated carbocycles. The van der Waals surface area contributed by atoms with E-state index in [2.05, 4.69) is 16.4 Å². The predicted octanol–water partition coefficient (Wildman–Crippen LogP) is 4.96. The molecule has 0 aliphatic rings. The lowest BCUT2D eigenvalue weighted by Crippen LogP contribution is -2.19. The minimum Gasteiger partial charge on any atom is -0.484 e. The summed E-state index contributed by atoms with van der Waals surface area (Å²) in [4.78, 5) is 3.19. The number of H-pyrrole nitrogens is 1. The Hall–Kier alpha value is -2.47. The SMILES string of the molecule is CC(NCc1cccc2[nH]ccc12)c1ccc(OCC(F)(F)F)cc1. The molecule has 1 aromatic heterocycles. The number of aromatic amines is 1. The average molecular weight is 348 g/mol. The molecule has 132 valence electrons. The van der Waals surface area contributed by atoms with Gasteiger partial charge >= 0.3 is 6.18 Å². The largest absolute Gasteiger partial charge is 0.484 e. The van der Waals surface area contributed by atoms with Gasteiger partial charge in [0.25, 0.3) is 0 Å². The van der Waals surface area contributed by atoms with E-state index in [1.54, 1.807) is 24.3 Å². The van der Waals surface area contributed by atoms with Crippen molar-refractivity contribution in [2.45, 2.75) is 25.7 Å². The van der Waals surface area contributed by atoms with Crippen molar-refractivity contribution < 1.29 is 17.9 Å². The number of nitrogens with one attached hydrogen (secondary N) is 2. The number of rotatable bonds is 6. The molecule has 3 rings (SSSR count). The Morgan fingerprint density at radius 1 is 1.08 bits per heavy atom. The van der Waals surface area contributed by atoms with Gasteiger partial charge < -0.3 is 15.0 Å². The number of fused-ring (bicyclic) bond motifs is 1. The Morgan fingerprint density at radius 2 is 1.84 bits per heavy atom. The summed E-state index contributed by atoms with van der Waals surface area (Å²) in [5, 5.41) is 4.62. The maximum atomic E-state index is 12.2. The monoisotopic (exact) mass is 348 g/mol. The molecule has 1 unspecified atom stereocenters. The second-order valence-electron chi connectivity index (χ2n) is 5.93. The van der Waals surface area contributed by atoms with Gasteiger partial charge in [0.05, 0.1) is 0 Å². The molecule has 0 aliphatic carbocycles. The van der Waals surface area contributed by atoms with Gasteiger partial charge in [-0.25, -0.2) is 0 Å². The quantitative estimate of drug-likeness (QED) is 0.661. The molecule has 0 fully saturated rings. The van der Waals surface area contributed by atoms with Crippen molar-refractivity contribution in [1.82, 2.24) is 10.3 Å². The van der Waals surface area contributed by atoms with Gasteiger partial charge in [-0.2, -0.15) is 13.2 Å². The van der Waals surface area contributed by atoms with Crippen LogP contribution in [0, 0.1) is 0 Å². The predicted molar refractivity (Wildman–Crippen MR) is 91.5 cm³/mol. The summed E-state index contributed by atoms with van der Waals surface area (Å²) in [6.45, 7) is 1.44. The van der Waals surface area contributed by atoms with Crippen LogP contribution in [-0.4, -0.2) is 17.8 Å². The third kappa shape index (κ3) is 4.54. The third-order valence-corrected chi connectivity index (χ3v) is 4.07. The van der Waals surface area contributed by atoms with Crippen LogP contribution in [0.25, 0.3) is 10.9 Å². The third-order valence-electron chi connectivity index (χ3n) is 4.07. The fourth-order valence-corrected chi connectivity index (χ4v) is 2.70. The van der Waals surface area contributed by atoms with Crippen LogP contribution in [0.2, 0.25) is 0 Å². The highest BCUT2D eigenvalue weighted by atomic mass is 19.4. The van der Waals surface area contributed by atoms with Crippen LogP contribution in [0.4, 0.5) is 13.2 Å². The van der Waals surface area contributed by atoms with Crippen LogP contribution in [-0.2, 0) is 6.54 Å². The van der Waals surface area contributed by atoms with E-state index in [1.807, 2.05) is 31.3 Å². The van der Waals surface area contributed by atoms with Crippen LogP contribution in [0.5, 0.6) is 5.75 Å². The number of hydrogen-bond donors (Lipinski definition) is 2. The molecule has 3 nitrogen and oxygen atoms in total. The molecule has 2 N–H and O–H groups in total. The molecule has 1 heterocycles. The van der Waals surface area contributed by atoms with E-state index in [0.29, 0.717) is 6.54 Å². The molecule has 0 spiro atoms. The van der Waals surface area contributed by atoms with E-state index < -0.39 is 12.8 Å². The van der Waals surface area contributed by atoms with Crippen LogP contribution in [0.1, 0.15) is 24.1 Å². The fourth-order valence-electron chi connectivity index (χ4n) is 2.70. The highest BCUT2D eigenvalue weighted by molar-refractivity contribution is 5.82. The number of halogens is 3. The Morgan fingerprint density at radius 3 is 2.56 bits per heavy atom. The summed E-state index contributed by atoms with van der Waals surface area (Å²) in [5.41, 5.74) is 3.27. The van der Waals surface area contributed by atoms with Crippen molar-refractivity contribution in [1.29, 1.82) is 0 Å². The lowest BCUT2D eigenvalue weighted by atomic mass is 10.1. The Labute approximate surface area is 143 Å². The van der Waals surface area contributed by atoms with Crippen molar-refractivity contribution in [3.8, 4) is 5.75 Å². The Bertz CT molecular complexity index is 825. The molecule has 1 atom stereocenters. The second-order valence-corrected chi connectivity index (χ2v) is 5.93. The number of benzene rings is 2. The van der Waals surface area contributed by atoms with Gasteiger partial charge in [-0.15, -0.1) is 0 Å². The zero-order valence-electron chi connectivity index (χ0n) is 13.7. The van der Waals surface area contributed by atoms with E-state index in [9.17, 15) is 13.2 Å². The highest BCUT2D eigenvalue weighted by Crippen LogP contribution is 2.22. The van der Waals surface area contributed by atoms with Gasteiger partial charge in [-0.3, -0.25) is 0 Å². The van der Waals surface area contributed by atoms with Gasteiger partial charge in [-0.05, 0) is 42.3 Å². The first-order chi connectivity index (χ1) is 11.9. The van der Waals surface area contributed by atoms with Crippen molar-refractivity contribution in [3.63, 3.8) is 0 Å². The molecule has 0 bridgehead atoms. The number of aromatic nitrogens is 1.